The number of carbonyl (C=O) groups is 3. The molecule has 3 amide bonds. The lowest BCUT2D eigenvalue weighted by Crippen LogP contribution is -2.65. The summed E-state index contributed by atoms with van der Waals surface area (Å²) in [6.45, 7) is 5.82. The van der Waals surface area contributed by atoms with Gasteiger partial charge in [-0.1, -0.05) is 26.0 Å². The summed E-state index contributed by atoms with van der Waals surface area (Å²) in [7, 11) is 0. The smallest absolute Gasteiger partial charge is 0.314 e. The van der Waals surface area contributed by atoms with Crippen molar-refractivity contribution in [2.24, 2.45) is 5.92 Å². The molecular weight excluding hydrogens is 564 g/mol. The standard InChI is InChI=1S/C25H29FIN5O3/c1-14(2)23(34)31-13-25(27,17-6-8-18(26)9-7-17)32(12-15(31)3)24(35)22(33)30-19-10-20(16-4-5-16)21(28)29-11-19/h6-11,14-16H,4-5,12-13H2,1-3H3,(H2,28,29)(H,30,33)/t15-,25+/m1/s1. The Hall–Kier alpha value is -2.76. The van der Waals surface area contributed by atoms with Crippen molar-refractivity contribution in [1.29, 1.82) is 0 Å². The van der Waals surface area contributed by atoms with Gasteiger partial charge in [0.25, 0.3) is 0 Å². The summed E-state index contributed by atoms with van der Waals surface area (Å²) in [5.74, 6) is -1.46. The van der Waals surface area contributed by atoms with E-state index in [0.717, 1.165) is 18.4 Å². The molecule has 2 atom stereocenters. The molecule has 1 aliphatic carbocycles. The van der Waals surface area contributed by atoms with Crippen LogP contribution in [0.3, 0.4) is 0 Å². The van der Waals surface area contributed by atoms with E-state index in [1.807, 2.05) is 20.8 Å². The monoisotopic (exact) mass is 593 g/mol. The van der Waals surface area contributed by atoms with Crippen molar-refractivity contribution < 1.29 is 18.8 Å². The predicted octanol–water partition coefficient (Wildman–Crippen LogP) is 3.62. The van der Waals surface area contributed by atoms with Gasteiger partial charge in [-0.3, -0.25) is 14.4 Å². The number of nitrogens with two attached hydrogens (primary N) is 1. The summed E-state index contributed by atoms with van der Waals surface area (Å²) in [4.78, 5) is 46.9. The van der Waals surface area contributed by atoms with E-state index in [1.165, 1.54) is 23.2 Å². The average molecular weight is 593 g/mol. The minimum absolute atomic E-state index is 0.0437. The van der Waals surface area contributed by atoms with Crippen LogP contribution in [0.2, 0.25) is 0 Å². The molecule has 2 fully saturated rings. The van der Waals surface area contributed by atoms with E-state index < -0.39 is 21.2 Å². The van der Waals surface area contributed by atoms with Crippen molar-refractivity contribution in [3.05, 3.63) is 53.5 Å². The molecule has 1 saturated heterocycles. The molecule has 1 saturated carbocycles. The van der Waals surface area contributed by atoms with Gasteiger partial charge in [-0.2, -0.15) is 0 Å². The van der Waals surface area contributed by atoms with Gasteiger partial charge < -0.3 is 20.9 Å². The zero-order valence-electron chi connectivity index (χ0n) is 19.9. The highest BCUT2D eigenvalue weighted by atomic mass is 127. The lowest BCUT2D eigenvalue weighted by Gasteiger charge is -2.50. The fourth-order valence-corrected chi connectivity index (χ4v) is 5.53. The third-order valence-corrected chi connectivity index (χ3v) is 8.06. The van der Waals surface area contributed by atoms with Crippen LogP contribution in [0, 0.1) is 11.7 Å². The van der Waals surface area contributed by atoms with Gasteiger partial charge in [0.05, 0.1) is 18.4 Å². The molecule has 1 aromatic carbocycles. The van der Waals surface area contributed by atoms with E-state index in [-0.39, 0.29) is 31.0 Å². The number of halogens is 2. The molecular formula is C25H29FIN5O3. The molecule has 0 spiro atoms. The molecule has 1 aromatic heterocycles. The number of carbonyl (C=O) groups excluding carboxylic acids is 3. The van der Waals surface area contributed by atoms with E-state index in [4.69, 9.17) is 5.73 Å². The van der Waals surface area contributed by atoms with Crippen LogP contribution in [-0.2, 0) is 17.9 Å². The fourth-order valence-electron chi connectivity index (χ4n) is 4.39. The third kappa shape index (κ3) is 5.12. The number of piperazine rings is 1. The number of amides is 3. The Morgan fingerprint density at radius 1 is 1.23 bits per heavy atom. The van der Waals surface area contributed by atoms with Crippen LogP contribution in [0.15, 0.2) is 36.5 Å². The van der Waals surface area contributed by atoms with E-state index in [1.54, 1.807) is 23.1 Å². The molecule has 0 unspecified atom stereocenters. The van der Waals surface area contributed by atoms with Gasteiger partial charge in [-0.15, -0.1) is 0 Å². The van der Waals surface area contributed by atoms with Gasteiger partial charge in [-0.05, 0) is 77.6 Å². The first-order valence-electron chi connectivity index (χ1n) is 11.6. The first kappa shape index (κ1) is 25.3. The van der Waals surface area contributed by atoms with Crippen LogP contribution in [0.1, 0.15) is 50.7 Å². The largest absolute Gasteiger partial charge is 0.383 e. The lowest BCUT2D eigenvalue weighted by atomic mass is 9.97. The summed E-state index contributed by atoms with van der Waals surface area (Å²) in [6, 6.07) is 7.25. The number of alkyl halides is 1. The second-order valence-electron chi connectivity index (χ2n) is 9.58. The Bertz CT molecular complexity index is 1150. The number of pyridine rings is 1. The highest BCUT2D eigenvalue weighted by molar-refractivity contribution is 14.1. The van der Waals surface area contributed by atoms with Crippen LogP contribution in [0.25, 0.3) is 0 Å². The minimum atomic E-state index is -1.06. The maximum atomic E-state index is 13.7. The molecule has 2 aromatic rings. The SMILES string of the molecule is CC(C)C(=O)N1C[C@@](I)(c2ccc(F)cc2)N(C(=O)C(=O)Nc2cnc(N)c(C3CC3)c2)C[C@H]1C. The Kier molecular flexibility index (Phi) is 7.03. The summed E-state index contributed by atoms with van der Waals surface area (Å²) in [6.07, 6.45) is 3.48. The molecule has 2 heterocycles. The van der Waals surface area contributed by atoms with E-state index in [9.17, 15) is 18.8 Å². The van der Waals surface area contributed by atoms with Gasteiger partial charge >= 0.3 is 11.8 Å². The van der Waals surface area contributed by atoms with Crippen LogP contribution >= 0.6 is 22.6 Å². The summed E-state index contributed by atoms with van der Waals surface area (Å²) in [5.41, 5.74) is 7.87. The fraction of sp³-hybridized carbons (Fsp3) is 0.440. The van der Waals surface area contributed by atoms with Gasteiger partial charge in [-0.25, -0.2) is 9.37 Å². The van der Waals surface area contributed by atoms with Crippen molar-refractivity contribution in [3.8, 4) is 0 Å². The molecule has 0 bridgehead atoms. The number of benzene rings is 1. The van der Waals surface area contributed by atoms with Crippen LogP contribution in [0.5, 0.6) is 0 Å². The number of hydrogen-bond donors (Lipinski definition) is 2. The zero-order valence-corrected chi connectivity index (χ0v) is 22.1. The first-order chi connectivity index (χ1) is 16.5. The minimum Gasteiger partial charge on any atom is -0.383 e. The first-order valence-corrected chi connectivity index (χ1v) is 12.7. The highest BCUT2D eigenvalue weighted by Crippen LogP contribution is 2.43. The number of nitrogens with zero attached hydrogens (tertiary/aromatic N) is 3. The van der Waals surface area contributed by atoms with Crippen molar-refractivity contribution in [3.63, 3.8) is 0 Å². The quantitative estimate of drug-likeness (QED) is 0.244. The highest BCUT2D eigenvalue weighted by Gasteiger charge is 2.49. The molecule has 2 aliphatic rings. The van der Waals surface area contributed by atoms with Gasteiger partial charge in [0, 0.05) is 18.5 Å². The third-order valence-electron chi connectivity index (χ3n) is 6.51. The van der Waals surface area contributed by atoms with Gasteiger partial charge in [0.2, 0.25) is 5.91 Å². The lowest BCUT2D eigenvalue weighted by molar-refractivity contribution is -0.153. The Balaban J connectivity index is 1.63. The van der Waals surface area contributed by atoms with Gasteiger partial charge in [0.1, 0.15) is 15.2 Å². The van der Waals surface area contributed by atoms with Crippen LogP contribution in [0.4, 0.5) is 15.9 Å². The molecule has 35 heavy (non-hydrogen) atoms. The Labute approximate surface area is 217 Å². The Morgan fingerprint density at radius 2 is 1.89 bits per heavy atom. The maximum absolute atomic E-state index is 13.7. The Morgan fingerprint density at radius 3 is 2.49 bits per heavy atom. The predicted molar refractivity (Wildman–Crippen MR) is 139 cm³/mol. The van der Waals surface area contributed by atoms with Crippen molar-refractivity contribution in [2.45, 2.75) is 49.1 Å². The second kappa shape index (κ2) is 9.71. The molecule has 3 N–H and O–H groups in total. The summed E-state index contributed by atoms with van der Waals surface area (Å²) >= 11 is 2.10. The maximum Gasteiger partial charge on any atom is 0.314 e. The molecule has 0 radical (unpaired) electrons. The summed E-state index contributed by atoms with van der Waals surface area (Å²) in [5, 5.41) is 2.66. The number of rotatable bonds is 4. The molecule has 4 rings (SSSR count). The average Bonchev–Trinajstić information content (AvgIpc) is 3.66. The van der Waals surface area contributed by atoms with Gasteiger partial charge in [0.15, 0.2) is 0 Å². The van der Waals surface area contributed by atoms with Crippen LogP contribution < -0.4 is 11.1 Å². The second-order valence-corrected chi connectivity index (χ2v) is 11.4. The topological polar surface area (TPSA) is 109 Å². The van der Waals surface area contributed by atoms with Crippen molar-refractivity contribution in [1.82, 2.24) is 14.8 Å². The summed E-state index contributed by atoms with van der Waals surface area (Å²) < 4.78 is 12.6. The normalized spacial score (nSPS) is 22.3. The molecule has 186 valence electrons. The van der Waals surface area contributed by atoms with E-state index >= 15 is 0 Å². The molecule has 8 nitrogen and oxygen atoms in total. The zero-order chi connectivity index (χ0) is 25.5. The number of aromatic nitrogens is 1. The van der Waals surface area contributed by atoms with Crippen LogP contribution in [-0.4, -0.2) is 51.6 Å². The van der Waals surface area contributed by atoms with Crippen molar-refractivity contribution >= 4 is 51.8 Å². The molecule has 1 aliphatic heterocycles. The number of nitrogens with one attached hydrogen (secondary N) is 1. The number of nitrogen functional groups attached to an aromatic ring is 1. The van der Waals surface area contributed by atoms with E-state index in [2.05, 4.69) is 32.9 Å². The van der Waals surface area contributed by atoms with E-state index in [0.29, 0.717) is 23.0 Å². The van der Waals surface area contributed by atoms with Crippen molar-refractivity contribution in [2.75, 3.05) is 24.1 Å². The molecule has 10 heteroatoms. The number of anilines is 2. The number of hydrogen-bond acceptors (Lipinski definition) is 5.